The maximum absolute atomic E-state index is 11.9. The number of rotatable bonds is 4. The molecule has 0 aromatic carbocycles. The fourth-order valence-electron chi connectivity index (χ4n) is 3.11. The number of nitrogens with zero attached hydrogens (tertiary/aromatic N) is 2. The summed E-state index contributed by atoms with van der Waals surface area (Å²) in [6, 6.07) is 0. The number of hydrogen-bond donors (Lipinski definition) is 2. The van der Waals surface area contributed by atoms with Crippen molar-refractivity contribution >= 4 is 22.3 Å². The highest BCUT2D eigenvalue weighted by Crippen LogP contribution is 2.32. The minimum atomic E-state index is 0.120. The summed E-state index contributed by atoms with van der Waals surface area (Å²) in [4.78, 5) is 22.4. The molecule has 5 nitrogen and oxygen atoms in total. The molecule has 0 atom stereocenters. The number of aryl methyl sites for hydroxylation is 1. The van der Waals surface area contributed by atoms with Gasteiger partial charge in [-0.05, 0) is 25.8 Å². The zero-order valence-corrected chi connectivity index (χ0v) is 14.1. The summed E-state index contributed by atoms with van der Waals surface area (Å²) in [5.41, 5.74) is 4.81. The highest BCUT2D eigenvalue weighted by atomic mass is 32.1. The highest BCUT2D eigenvalue weighted by Gasteiger charge is 2.21. The minimum Gasteiger partial charge on any atom is -0.356 e. The molecule has 22 heavy (non-hydrogen) atoms. The van der Waals surface area contributed by atoms with Crippen molar-refractivity contribution in [3.8, 4) is 11.4 Å². The van der Waals surface area contributed by atoms with E-state index in [1.54, 1.807) is 18.3 Å². The van der Waals surface area contributed by atoms with Gasteiger partial charge in [-0.15, -0.1) is 11.3 Å². The third-order valence-electron chi connectivity index (χ3n) is 4.13. The lowest BCUT2D eigenvalue weighted by Crippen LogP contribution is -2.43. The lowest BCUT2D eigenvalue weighted by atomic mass is 10.0. The Morgan fingerprint density at radius 1 is 1.41 bits per heavy atom. The minimum absolute atomic E-state index is 0.120. The Balaban J connectivity index is 1.96. The normalized spacial score (nSPS) is 15.3. The summed E-state index contributed by atoms with van der Waals surface area (Å²) in [6.45, 7) is 9.68. The van der Waals surface area contributed by atoms with Gasteiger partial charge in [0.25, 0.3) is 0 Å². The summed E-state index contributed by atoms with van der Waals surface area (Å²) in [7, 11) is 0. The van der Waals surface area contributed by atoms with Crippen molar-refractivity contribution < 1.29 is 4.79 Å². The summed E-state index contributed by atoms with van der Waals surface area (Å²) in [5, 5.41) is 6.51. The molecule has 1 aliphatic rings. The van der Waals surface area contributed by atoms with Crippen molar-refractivity contribution in [1.29, 1.82) is 0 Å². The van der Waals surface area contributed by atoms with E-state index >= 15 is 0 Å². The van der Waals surface area contributed by atoms with Gasteiger partial charge in [0.2, 0.25) is 0 Å². The average Bonchev–Trinajstić information content (AvgIpc) is 3.12. The molecule has 1 fully saturated rings. The summed E-state index contributed by atoms with van der Waals surface area (Å²) < 4.78 is 0. The Hall–Kier alpha value is -1.66. The van der Waals surface area contributed by atoms with Gasteiger partial charge in [0, 0.05) is 42.8 Å². The van der Waals surface area contributed by atoms with E-state index in [0.717, 1.165) is 65.9 Å². The first-order valence-electron chi connectivity index (χ1n) is 7.75. The number of H-pyrrole nitrogens is 1. The Labute approximate surface area is 134 Å². The van der Waals surface area contributed by atoms with E-state index < -0.39 is 0 Å². The van der Waals surface area contributed by atoms with E-state index in [9.17, 15) is 4.79 Å². The smallest absolute Gasteiger partial charge is 0.185 e. The number of hydrogen-bond acceptors (Lipinski definition) is 5. The van der Waals surface area contributed by atoms with Crippen LogP contribution in [-0.2, 0) is 6.42 Å². The fraction of sp³-hybridized carbons (Fsp3) is 0.500. The number of Topliss-reactive ketones (excluding diaryl/α,β-unsaturated/α-hetero) is 1. The Morgan fingerprint density at radius 2 is 2.14 bits per heavy atom. The number of ketones is 1. The van der Waals surface area contributed by atoms with E-state index in [0.29, 0.717) is 0 Å². The Kier molecular flexibility index (Phi) is 4.31. The van der Waals surface area contributed by atoms with Crippen LogP contribution in [0.3, 0.4) is 0 Å². The molecule has 3 rings (SSSR count). The topological polar surface area (TPSA) is 61.0 Å². The molecule has 6 heteroatoms. The molecule has 0 spiro atoms. The van der Waals surface area contributed by atoms with Crippen molar-refractivity contribution in [2.24, 2.45) is 0 Å². The van der Waals surface area contributed by atoms with E-state index in [1.807, 2.05) is 6.92 Å². The Bertz CT molecular complexity index is 682. The van der Waals surface area contributed by atoms with Gasteiger partial charge in [0.1, 0.15) is 5.69 Å². The van der Waals surface area contributed by atoms with Crippen molar-refractivity contribution in [3.63, 3.8) is 0 Å². The van der Waals surface area contributed by atoms with E-state index in [1.165, 1.54) is 0 Å². The largest absolute Gasteiger partial charge is 0.356 e. The van der Waals surface area contributed by atoms with Gasteiger partial charge in [-0.3, -0.25) is 4.79 Å². The molecule has 2 aromatic heterocycles. The van der Waals surface area contributed by atoms with Crippen molar-refractivity contribution in [2.45, 2.75) is 27.2 Å². The predicted octanol–water partition coefficient (Wildman–Crippen LogP) is 2.62. The van der Waals surface area contributed by atoms with Gasteiger partial charge in [0.15, 0.2) is 10.9 Å². The molecular weight excluding hydrogens is 296 g/mol. The third kappa shape index (κ3) is 2.68. The molecule has 0 bridgehead atoms. The van der Waals surface area contributed by atoms with E-state index in [2.05, 4.69) is 27.5 Å². The fourth-order valence-corrected chi connectivity index (χ4v) is 3.98. The zero-order valence-electron chi connectivity index (χ0n) is 13.3. The van der Waals surface area contributed by atoms with Crippen LogP contribution in [0.4, 0.5) is 5.13 Å². The molecule has 1 aliphatic heterocycles. The van der Waals surface area contributed by atoms with Crippen LogP contribution < -0.4 is 10.2 Å². The quantitative estimate of drug-likeness (QED) is 0.851. The summed E-state index contributed by atoms with van der Waals surface area (Å²) in [6.07, 6.45) is 0.828. The van der Waals surface area contributed by atoms with Crippen LogP contribution in [-0.4, -0.2) is 41.9 Å². The van der Waals surface area contributed by atoms with E-state index in [4.69, 9.17) is 4.98 Å². The first kappa shape index (κ1) is 15.2. The molecule has 2 aromatic rings. The third-order valence-corrected chi connectivity index (χ3v) is 5.03. The molecule has 0 aliphatic carbocycles. The molecule has 0 radical (unpaired) electrons. The van der Waals surface area contributed by atoms with Crippen molar-refractivity contribution in [1.82, 2.24) is 15.3 Å². The SMILES string of the molecule is CCc1c(-c2csc(N3CCNCC3)n2)[nH]c(C)c1C(C)=O. The van der Waals surface area contributed by atoms with Crippen LogP contribution in [0.1, 0.15) is 35.5 Å². The number of anilines is 1. The molecule has 1 saturated heterocycles. The maximum atomic E-state index is 11.9. The van der Waals surface area contributed by atoms with Crippen LogP contribution in [0.15, 0.2) is 5.38 Å². The maximum Gasteiger partial charge on any atom is 0.185 e. The van der Waals surface area contributed by atoms with Crippen LogP contribution in [0, 0.1) is 6.92 Å². The van der Waals surface area contributed by atoms with Crippen molar-refractivity contribution in [3.05, 3.63) is 22.2 Å². The second-order valence-corrected chi connectivity index (χ2v) is 6.48. The van der Waals surface area contributed by atoms with Crippen LogP contribution in [0.2, 0.25) is 0 Å². The van der Waals surface area contributed by atoms with Gasteiger partial charge in [-0.25, -0.2) is 4.98 Å². The van der Waals surface area contributed by atoms with Gasteiger partial charge < -0.3 is 15.2 Å². The average molecular weight is 318 g/mol. The second kappa shape index (κ2) is 6.22. The molecular formula is C16H22N4OS. The number of nitrogens with one attached hydrogen (secondary N) is 2. The molecule has 118 valence electrons. The molecule has 3 heterocycles. The second-order valence-electron chi connectivity index (χ2n) is 5.64. The van der Waals surface area contributed by atoms with E-state index in [-0.39, 0.29) is 5.78 Å². The molecule has 0 amide bonds. The van der Waals surface area contributed by atoms with Crippen molar-refractivity contribution in [2.75, 3.05) is 31.1 Å². The lowest BCUT2D eigenvalue weighted by molar-refractivity contribution is 0.101. The van der Waals surface area contributed by atoms with Crippen LogP contribution in [0.5, 0.6) is 0 Å². The predicted molar refractivity (Wildman–Crippen MR) is 91.1 cm³/mol. The number of carbonyl (C=O) groups is 1. The number of aromatic nitrogens is 2. The van der Waals surface area contributed by atoms with Gasteiger partial charge in [0.05, 0.1) is 5.69 Å². The lowest BCUT2D eigenvalue weighted by Gasteiger charge is -2.26. The van der Waals surface area contributed by atoms with Gasteiger partial charge in [-0.1, -0.05) is 6.92 Å². The van der Waals surface area contributed by atoms with Crippen LogP contribution >= 0.6 is 11.3 Å². The monoisotopic (exact) mass is 318 g/mol. The number of thiazole rings is 1. The zero-order chi connectivity index (χ0) is 15.7. The number of aromatic amines is 1. The summed E-state index contributed by atoms with van der Waals surface area (Å²) >= 11 is 1.68. The molecule has 2 N–H and O–H groups in total. The van der Waals surface area contributed by atoms with Crippen LogP contribution in [0.25, 0.3) is 11.4 Å². The molecule has 0 unspecified atom stereocenters. The Morgan fingerprint density at radius 3 is 2.77 bits per heavy atom. The first-order chi connectivity index (χ1) is 10.6. The van der Waals surface area contributed by atoms with Gasteiger partial charge in [-0.2, -0.15) is 0 Å². The first-order valence-corrected chi connectivity index (χ1v) is 8.63. The summed E-state index contributed by atoms with van der Waals surface area (Å²) in [5.74, 6) is 0.120. The molecule has 0 saturated carbocycles. The number of carbonyl (C=O) groups excluding carboxylic acids is 1. The standard InChI is InChI=1S/C16H22N4OS/c1-4-12-14(11(3)21)10(2)18-15(12)13-9-22-16(19-13)20-7-5-17-6-8-20/h9,17-18H,4-8H2,1-3H3. The van der Waals surface area contributed by atoms with Gasteiger partial charge >= 0.3 is 0 Å². The highest BCUT2D eigenvalue weighted by molar-refractivity contribution is 7.14. The number of piperazine rings is 1.